The van der Waals surface area contributed by atoms with Gasteiger partial charge in [0, 0.05) is 11.1 Å². The molecule has 0 amide bonds. The van der Waals surface area contributed by atoms with Gasteiger partial charge in [0.05, 0.1) is 5.01 Å². The minimum atomic E-state index is 1.08. The van der Waals surface area contributed by atoms with Gasteiger partial charge < -0.3 is 5.32 Å². The van der Waals surface area contributed by atoms with Crippen molar-refractivity contribution in [3.05, 3.63) is 16.1 Å². The number of unbranched alkanes of at least 4 members (excludes halogenated alkanes) is 1. The Morgan fingerprint density at radius 2 is 2.31 bits per heavy atom. The van der Waals surface area contributed by atoms with Gasteiger partial charge in [-0.1, -0.05) is 6.92 Å². The first-order valence-electron chi connectivity index (χ1n) is 4.94. The molecule has 1 aromatic heterocycles. The molecule has 0 aliphatic heterocycles. The van der Waals surface area contributed by atoms with Gasteiger partial charge in [0.1, 0.15) is 0 Å². The second-order valence-corrected chi connectivity index (χ2v) is 4.14. The van der Waals surface area contributed by atoms with Crippen LogP contribution in [0.3, 0.4) is 0 Å². The highest BCUT2D eigenvalue weighted by atomic mass is 32.1. The molecule has 0 aliphatic rings. The third kappa shape index (κ3) is 4.39. The van der Waals surface area contributed by atoms with Crippen molar-refractivity contribution in [1.29, 1.82) is 0 Å². The summed E-state index contributed by atoms with van der Waals surface area (Å²) in [6, 6.07) is 0. The maximum Gasteiger partial charge on any atom is 0.0928 e. The van der Waals surface area contributed by atoms with E-state index >= 15 is 0 Å². The Bertz CT molecular complexity index is 233. The van der Waals surface area contributed by atoms with E-state index in [9.17, 15) is 0 Å². The average Bonchev–Trinajstić information content (AvgIpc) is 2.51. The third-order valence-corrected chi connectivity index (χ3v) is 2.94. The van der Waals surface area contributed by atoms with Crippen LogP contribution in [0, 0.1) is 6.92 Å². The van der Waals surface area contributed by atoms with Gasteiger partial charge in [-0.25, -0.2) is 4.98 Å². The summed E-state index contributed by atoms with van der Waals surface area (Å²) >= 11 is 1.78. The molecule has 0 fully saturated rings. The van der Waals surface area contributed by atoms with Gasteiger partial charge in [-0.2, -0.15) is 0 Å². The summed E-state index contributed by atoms with van der Waals surface area (Å²) in [5, 5.41) is 6.73. The zero-order valence-electron chi connectivity index (χ0n) is 8.47. The average molecular weight is 198 g/mol. The van der Waals surface area contributed by atoms with E-state index in [-0.39, 0.29) is 0 Å². The Morgan fingerprint density at radius 1 is 1.46 bits per heavy atom. The largest absolute Gasteiger partial charge is 0.317 e. The molecule has 0 bridgehead atoms. The topological polar surface area (TPSA) is 24.9 Å². The SMILES string of the molecule is CCNCCCCc1nc(C)cs1. The zero-order valence-corrected chi connectivity index (χ0v) is 9.28. The van der Waals surface area contributed by atoms with Gasteiger partial charge in [0.2, 0.25) is 0 Å². The molecule has 0 aliphatic carbocycles. The van der Waals surface area contributed by atoms with Crippen molar-refractivity contribution < 1.29 is 0 Å². The smallest absolute Gasteiger partial charge is 0.0928 e. The van der Waals surface area contributed by atoms with E-state index < -0.39 is 0 Å². The molecule has 13 heavy (non-hydrogen) atoms. The van der Waals surface area contributed by atoms with E-state index in [2.05, 4.69) is 29.5 Å². The van der Waals surface area contributed by atoms with E-state index in [1.807, 2.05) is 0 Å². The van der Waals surface area contributed by atoms with Crippen LogP contribution in [0.15, 0.2) is 5.38 Å². The molecule has 2 nitrogen and oxygen atoms in total. The van der Waals surface area contributed by atoms with E-state index in [0.717, 1.165) is 25.2 Å². The summed E-state index contributed by atoms with van der Waals surface area (Å²) in [6.07, 6.45) is 3.65. The second kappa shape index (κ2) is 6.11. The molecule has 0 spiro atoms. The van der Waals surface area contributed by atoms with Crippen LogP contribution in [-0.2, 0) is 6.42 Å². The van der Waals surface area contributed by atoms with Crippen LogP contribution >= 0.6 is 11.3 Å². The van der Waals surface area contributed by atoms with Crippen molar-refractivity contribution in [2.24, 2.45) is 0 Å². The first kappa shape index (κ1) is 10.7. The predicted molar refractivity (Wildman–Crippen MR) is 58.3 cm³/mol. The monoisotopic (exact) mass is 198 g/mol. The van der Waals surface area contributed by atoms with Crippen LogP contribution in [0.1, 0.15) is 30.5 Å². The zero-order chi connectivity index (χ0) is 9.52. The summed E-state index contributed by atoms with van der Waals surface area (Å²) in [7, 11) is 0. The fourth-order valence-corrected chi connectivity index (χ4v) is 2.04. The number of aromatic nitrogens is 1. The van der Waals surface area contributed by atoms with Crippen molar-refractivity contribution in [3.63, 3.8) is 0 Å². The van der Waals surface area contributed by atoms with Crippen molar-refractivity contribution in [1.82, 2.24) is 10.3 Å². The lowest BCUT2D eigenvalue weighted by atomic mass is 10.2. The molecule has 0 unspecified atom stereocenters. The van der Waals surface area contributed by atoms with E-state index in [4.69, 9.17) is 0 Å². The normalized spacial score (nSPS) is 10.6. The lowest BCUT2D eigenvalue weighted by Gasteiger charge is -1.99. The van der Waals surface area contributed by atoms with Crippen LogP contribution in [0.5, 0.6) is 0 Å². The molecule has 74 valence electrons. The number of hydrogen-bond acceptors (Lipinski definition) is 3. The molecular formula is C10H18N2S. The van der Waals surface area contributed by atoms with Crippen molar-refractivity contribution in [3.8, 4) is 0 Å². The number of rotatable bonds is 6. The first-order chi connectivity index (χ1) is 6.33. The lowest BCUT2D eigenvalue weighted by Crippen LogP contribution is -2.13. The van der Waals surface area contributed by atoms with Crippen molar-refractivity contribution in [2.75, 3.05) is 13.1 Å². The molecular weight excluding hydrogens is 180 g/mol. The highest BCUT2D eigenvalue weighted by molar-refractivity contribution is 7.09. The van der Waals surface area contributed by atoms with Gasteiger partial charge in [-0.05, 0) is 39.3 Å². The van der Waals surface area contributed by atoms with Gasteiger partial charge in [0.15, 0.2) is 0 Å². The maximum absolute atomic E-state index is 4.43. The van der Waals surface area contributed by atoms with Crippen LogP contribution in [-0.4, -0.2) is 18.1 Å². The molecule has 0 aromatic carbocycles. The molecule has 0 saturated carbocycles. The highest BCUT2D eigenvalue weighted by Crippen LogP contribution is 2.11. The second-order valence-electron chi connectivity index (χ2n) is 3.19. The fraction of sp³-hybridized carbons (Fsp3) is 0.700. The van der Waals surface area contributed by atoms with Gasteiger partial charge in [-0.15, -0.1) is 11.3 Å². The number of thiazole rings is 1. The lowest BCUT2D eigenvalue weighted by molar-refractivity contribution is 0.639. The van der Waals surface area contributed by atoms with Crippen molar-refractivity contribution >= 4 is 11.3 Å². The Labute approximate surface area is 84.4 Å². The first-order valence-corrected chi connectivity index (χ1v) is 5.82. The van der Waals surface area contributed by atoms with Gasteiger partial charge in [-0.3, -0.25) is 0 Å². The fourth-order valence-electron chi connectivity index (χ4n) is 1.22. The van der Waals surface area contributed by atoms with Crippen LogP contribution in [0.25, 0.3) is 0 Å². The van der Waals surface area contributed by atoms with Crippen molar-refractivity contribution in [2.45, 2.75) is 33.1 Å². The molecule has 1 N–H and O–H groups in total. The Hall–Kier alpha value is -0.410. The number of aryl methyl sites for hydroxylation is 2. The predicted octanol–water partition coefficient (Wildman–Crippen LogP) is 2.38. The number of nitrogens with zero attached hydrogens (tertiary/aromatic N) is 1. The maximum atomic E-state index is 4.43. The Kier molecular flexibility index (Phi) is 5.01. The van der Waals surface area contributed by atoms with Gasteiger partial charge >= 0.3 is 0 Å². The molecule has 1 heterocycles. The minimum absolute atomic E-state index is 1.08. The summed E-state index contributed by atoms with van der Waals surface area (Å²) in [6.45, 7) is 6.42. The molecule has 1 aromatic rings. The standard InChI is InChI=1S/C10H18N2S/c1-3-11-7-5-4-6-10-12-9(2)8-13-10/h8,11H,3-7H2,1-2H3. The third-order valence-electron chi connectivity index (χ3n) is 1.91. The van der Waals surface area contributed by atoms with E-state index in [0.29, 0.717) is 0 Å². The van der Waals surface area contributed by atoms with Gasteiger partial charge in [0.25, 0.3) is 0 Å². The highest BCUT2D eigenvalue weighted by Gasteiger charge is 1.97. The van der Waals surface area contributed by atoms with Crippen LogP contribution in [0.4, 0.5) is 0 Å². The van der Waals surface area contributed by atoms with E-state index in [1.165, 1.54) is 17.8 Å². The number of hydrogen-bond donors (Lipinski definition) is 1. The molecule has 1 rings (SSSR count). The summed E-state index contributed by atoms with van der Waals surface area (Å²) in [4.78, 5) is 4.43. The number of nitrogens with one attached hydrogen (secondary N) is 1. The van der Waals surface area contributed by atoms with Crippen LogP contribution in [0.2, 0.25) is 0 Å². The Balaban J connectivity index is 2.06. The molecule has 3 heteroatoms. The molecule has 0 saturated heterocycles. The van der Waals surface area contributed by atoms with E-state index in [1.54, 1.807) is 11.3 Å². The summed E-state index contributed by atoms with van der Waals surface area (Å²) < 4.78 is 0. The minimum Gasteiger partial charge on any atom is -0.317 e. The summed E-state index contributed by atoms with van der Waals surface area (Å²) in [5.41, 5.74) is 1.16. The molecule has 0 atom stereocenters. The van der Waals surface area contributed by atoms with Crippen LogP contribution < -0.4 is 5.32 Å². The Morgan fingerprint density at radius 3 is 2.92 bits per heavy atom. The molecule has 0 radical (unpaired) electrons. The quantitative estimate of drug-likeness (QED) is 0.710. The summed E-state index contributed by atoms with van der Waals surface area (Å²) in [5.74, 6) is 0.